The second-order valence-corrected chi connectivity index (χ2v) is 6.52. The predicted octanol–water partition coefficient (Wildman–Crippen LogP) is 3.54. The first-order valence-corrected chi connectivity index (χ1v) is 8.46. The molecule has 0 fully saturated rings. The van der Waals surface area contributed by atoms with Crippen molar-refractivity contribution in [2.75, 3.05) is 0 Å². The molecule has 0 saturated heterocycles. The lowest BCUT2D eigenvalue weighted by Gasteiger charge is -2.18. The van der Waals surface area contributed by atoms with Crippen molar-refractivity contribution in [3.63, 3.8) is 0 Å². The van der Waals surface area contributed by atoms with Crippen molar-refractivity contribution in [1.29, 1.82) is 0 Å². The van der Waals surface area contributed by atoms with E-state index < -0.39 is 16.2 Å². The average Bonchev–Trinajstić information content (AvgIpc) is 3.04. The Morgan fingerprint density at radius 2 is 2.12 bits per heavy atom. The Hall–Kier alpha value is -2.80. The third-order valence-corrected chi connectivity index (χ3v) is 4.98. The molecule has 7 heteroatoms. The molecule has 120 valence electrons. The van der Waals surface area contributed by atoms with Crippen molar-refractivity contribution in [2.24, 2.45) is 0 Å². The van der Waals surface area contributed by atoms with Crippen molar-refractivity contribution in [3.05, 3.63) is 73.1 Å². The Morgan fingerprint density at radius 1 is 1.29 bits per heavy atom. The summed E-state index contributed by atoms with van der Waals surface area (Å²) in [5, 5.41) is 13.1. The Balaban J connectivity index is 1.96. The molecule has 0 saturated carbocycles. The van der Waals surface area contributed by atoms with E-state index in [1.807, 2.05) is 18.2 Å². The molecule has 6 nitrogen and oxygen atoms in total. The van der Waals surface area contributed by atoms with Crippen LogP contribution in [0.5, 0.6) is 0 Å². The van der Waals surface area contributed by atoms with Gasteiger partial charge >= 0.3 is 11.2 Å². The summed E-state index contributed by atoms with van der Waals surface area (Å²) in [5.41, 5.74) is 2.34. The molecule has 3 aromatic rings. The van der Waals surface area contributed by atoms with Gasteiger partial charge in [-0.15, -0.1) is 11.3 Å². The fourth-order valence-corrected chi connectivity index (χ4v) is 3.84. The fraction of sp³-hybridized carbons (Fsp3) is 0.176. The number of thiazole rings is 1. The molecule has 1 aliphatic rings. The SMILES string of the molecule is O=c1c([N+](=O)[O-])c(/C=C2\CCCc3ccccc32)nc2sccn12. The van der Waals surface area contributed by atoms with Crippen molar-refractivity contribution >= 4 is 33.6 Å². The summed E-state index contributed by atoms with van der Waals surface area (Å²) in [6.45, 7) is 0. The Kier molecular flexibility index (Phi) is 3.50. The largest absolute Gasteiger partial charge is 0.359 e. The minimum absolute atomic E-state index is 0.138. The molecule has 0 unspecified atom stereocenters. The van der Waals surface area contributed by atoms with Crippen molar-refractivity contribution < 1.29 is 4.92 Å². The van der Waals surface area contributed by atoms with E-state index in [4.69, 9.17) is 0 Å². The molecule has 1 aromatic carbocycles. The second-order valence-electron chi connectivity index (χ2n) is 5.64. The van der Waals surface area contributed by atoms with Crippen molar-refractivity contribution in [2.45, 2.75) is 19.3 Å². The van der Waals surface area contributed by atoms with Gasteiger partial charge in [0.1, 0.15) is 0 Å². The van der Waals surface area contributed by atoms with Crippen LogP contribution in [0, 0.1) is 10.1 Å². The van der Waals surface area contributed by atoms with Gasteiger partial charge in [-0.1, -0.05) is 24.3 Å². The first kappa shape index (κ1) is 14.8. The standard InChI is InChI=1S/C17H13N3O3S/c21-16-15(20(22)23)14(18-17-19(16)8-9-24-17)10-12-6-3-5-11-4-1-2-7-13(11)12/h1-2,4,7-10H,3,5-6H2/b12-10+. The van der Waals surface area contributed by atoms with Crippen molar-refractivity contribution in [3.8, 4) is 0 Å². The average molecular weight is 339 g/mol. The zero-order chi connectivity index (χ0) is 16.7. The molecular formula is C17H13N3O3S. The highest BCUT2D eigenvalue weighted by Gasteiger charge is 2.24. The summed E-state index contributed by atoms with van der Waals surface area (Å²) in [5.74, 6) is 0. The third kappa shape index (κ3) is 2.33. The molecule has 24 heavy (non-hydrogen) atoms. The lowest BCUT2D eigenvalue weighted by Crippen LogP contribution is -2.18. The summed E-state index contributed by atoms with van der Waals surface area (Å²) in [6, 6.07) is 8.04. The van der Waals surface area contributed by atoms with Gasteiger partial charge in [0.25, 0.3) is 0 Å². The number of rotatable bonds is 2. The molecule has 0 aliphatic heterocycles. The molecular weight excluding hydrogens is 326 g/mol. The summed E-state index contributed by atoms with van der Waals surface area (Å²) in [7, 11) is 0. The molecule has 2 aromatic heterocycles. The number of benzene rings is 1. The van der Waals surface area contributed by atoms with Crippen LogP contribution in [0.2, 0.25) is 0 Å². The monoisotopic (exact) mass is 339 g/mol. The highest BCUT2D eigenvalue weighted by molar-refractivity contribution is 7.15. The second kappa shape index (κ2) is 5.68. The van der Waals surface area contributed by atoms with Crippen LogP contribution in [0.3, 0.4) is 0 Å². The van der Waals surface area contributed by atoms with Crippen LogP contribution in [0.25, 0.3) is 16.6 Å². The number of allylic oxidation sites excluding steroid dienone is 1. The fourth-order valence-electron chi connectivity index (χ4n) is 3.13. The van der Waals surface area contributed by atoms with Crippen LogP contribution in [0.4, 0.5) is 5.69 Å². The third-order valence-electron chi connectivity index (χ3n) is 4.22. The van der Waals surface area contributed by atoms with Gasteiger partial charge in [0.05, 0.1) is 4.92 Å². The molecule has 0 amide bonds. The number of nitro groups is 1. The number of fused-ring (bicyclic) bond motifs is 2. The van der Waals surface area contributed by atoms with Gasteiger partial charge in [-0.05, 0) is 42.0 Å². The van der Waals surface area contributed by atoms with Gasteiger partial charge in [0.2, 0.25) is 0 Å². The number of aryl methyl sites for hydroxylation is 1. The van der Waals surface area contributed by atoms with Crippen LogP contribution in [-0.2, 0) is 6.42 Å². The van der Waals surface area contributed by atoms with E-state index >= 15 is 0 Å². The van der Waals surface area contributed by atoms with E-state index in [2.05, 4.69) is 11.1 Å². The van der Waals surface area contributed by atoms with E-state index in [-0.39, 0.29) is 5.69 Å². The van der Waals surface area contributed by atoms with Crippen molar-refractivity contribution in [1.82, 2.24) is 9.38 Å². The van der Waals surface area contributed by atoms with Crippen LogP contribution >= 0.6 is 11.3 Å². The van der Waals surface area contributed by atoms with Crippen LogP contribution in [0.15, 0.2) is 40.6 Å². The maximum absolute atomic E-state index is 12.4. The van der Waals surface area contributed by atoms with Crippen LogP contribution < -0.4 is 5.56 Å². The lowest BCUT2D eigenvalue weighted by atomic mass is 9.87. The van der Waals surface area contributed by atoms with Gasteiger partial charge in [0.15, 0.2) is 10.7 Å². The van der Waals surface area contributed by atoms with Gasteiger partial charge in [-0.3, -0.25) is 19.3 Å². The number of hydrogen-bond donors (Lipinski definition) is 0. The Labute approximate surface area is 140 Å². The quantitative estimate of drug-likeness (QED) is 0.528. The van der Waals surface area contributed by atoms with E-state index in [0.29, 0.717) is 4.96 Å². The van der Waals surface area contributed by atoms with Gasteiger partial charge in [-0.2, -0.15) is 0 Å². The Bertz CT molecular complexity index is 1050. The van der Waals surface area contributed by atoms with Gasteiger partial charge in [-0.25, -0.2) is 4.98 Å². The smallest absolute Gasteiger partial charge is 0.261 e. The number of nitrogens with zero attached hydrogens (tertiary/aromatic N) is 3. The molecule has 0 spiro atoms. The molecule has 2 heterocycles. The lowest BCUT2D eigenvalue weighted by molar-refractivity contribution is -0.386. The maximum atomic E-state index is 12.4. The minimum Gasteiger partial charge on any atom is -0.261 e. The number of aromatic nitrogens is 2. The highest BCUT2D eigenvalue weighted by atomic mass is 32.1. The molecule has 0 N–H and O–H groups in total. The normalized spacial score (nSPS) is 15.6. The van der Waals surface area contributed by atoms with E-state index in [9.17, 15) is 14.9 Å². The zero-order valence-corrected chi connectivity index (χ0v) is 13.5. The molecule has 1 aliphatic carbocycles. The topological polar surface area (TPSA) is 77.5 Å². The summed E-state index contributed by atoms with van der Waals surface area (Å²) in [4.78, 5) is 28.0. The first-order chi connectivity index (χ1) is 11.6. The van der Waals surface area contributed by atoms with E-state index in [1.54, 1.807) is 11.5 Å². The van der Waals surface area contributed by atoms with E-state index in [1.165, 1.54) is 27.5 Å². The molecule has 0 atom stereocenters. The summed E-state index contributed by atoms with van der Waals surface area (Å²) in [6.07, 6.45) is 6.01. The molecule has 0 radical (unpaired) electrons. The first-order valence-electron chi connectivity index (χ1n) is 7.58. The van der Waals surface area contributed by atoms with Gasteiger partial charge in [0, 0.05) is 11.6 Å². The minimum atomic E-state index is -0.638. The number of hydrogen-bond acceptors (Lipinski definition) is 5. The van der Waals surface area contributed by atoms with Crippen LogP contribution in [-0.4, -0.2) is 14.3 Å². The summed E-state index contributed by atoms with van der Waals surface area (Å²) < 4.78 is 1.22. The predicted molar refractivity (Wildman–Crippen MR) is 93.2 cm³/mol. The highest BCUT2D eigenvalue weighted by Crippen LogP contribution is 2.33. The zero-order valence-electron chi connectivity index (χ0n) is 12.6. The van der Waals surface area contributed by atoms with Crippen LogP contribution in [0.1, 0.15) is 29.7 Å². The maximum Gasteiger partial charge on any atom is 0.359 e. The Morgan fingerprint density at radius 3 is 2.96 bits per heavy atom. The molecule has 0 bridgehead atoms. The van der Waals surface area contributed by atoms with E-state index in [0.717, 1.165) is 30.4 Å². The summed E-state index contributed by atoms with van der Waals surface area (Å²) >= 11 is 1.28. The van der Waals surface area contributed by atoms with Gasteiger partial charge < -0.3 is 0 Å². The molecule has 4 rings (SSSR count).